The van der Waals surface area contributed by atoms with E-state index in [1.165, 1.54) is 11.0 Å². The molecule has 1 aromatic heterocycles. The van der Waals surface area contributed by atoms with Crippen LogP contribution in [0.3, 0.4) is 0 Å². The van der Waals surface area contributed by atoms with Crippen LogP contribution in [0.2, 0.25) is 0 Å². The van der Waals surface area contributed by atoms with E-state index in [2.05, 4.69) is 20.8 Å². The number of aromatic nitrogens is 4. The van der Waals surface area contributed by atoms with Crippen LogP contribution in [0.1, 0.15) is 15.9 Å². The number of nitrogens with one attached hydrogen (secondary N) is 1. The van der Waals surface area contributed by atoms with Gasteiger partial charge in [0.1, 0.15) is 6.33 Å². The van der Waals surface area contributed by atoms with Gasteiger partial charge in [0, 0.05) is 12.1 Å². The highest BCUT2D eigenvalue weighted by Gasteiger charge is 2.06. The third kappa shape index (κ3) is 3.11. The average Bonchev–Trinajstić information content (AvgIpc) is 3.08. The minimum atomic E-state index is -0.109. The Bertz CT molecular complexity index is 708. The molecule has 6 heteroatoms. The Morgan fingerprint density at radius 2 is 1.81 bits per heavy atom. The largest absolute Gasteiger partial charge is 0.348 e. The van der Waals surface area contributed by atoms with Gasteiger partial charge in [0.05, 0.1) is 5.69 Å². The second-order valence-corrected chi connectivity index (χ2v) is 4.47. The first-order valence-corrected chi connectivity index (χ1v) is 6.48. The lowest BCUT2D eigenvalue weighted by Crippen LogP contribution is -2.22. The minimum Gasteiger partial charge on any atom is -0.348 e. The zero-order valence-electron chi connectivity index (χ0n) is 11.2. The molecule has 0 radical (unpaired) electrons. The Morgan fingerprint density at radius 3 is 2.48 bits per heavy atom. The van der Waals surface area contributed by atoms with Crippen molar-refractivity contribution in [1.82, 2.24) is 25.5 Å². The van der Waals surface area contributed by atoms with Crippen molar-refractivity contribution in [2.45, 2.75) is 6.54 Å². The Kier molecular flexibility index (Phi) is 3.68. The molecule has 3 rings (SSSR count). The molecule has 1 N–H and O–H groups in total. The molecule has 0 unspecified atom stereocenters. The molecule has 1 amide bonds. The van der Waals surface area contributed by atoms with Gasteiger partial charge in [0.25, 0.3) is 5.91 Å². The van der Waals surface area contributed by atoms with E-state index in [0.29, 0.717) is 12.1 Å². The molecule has 0 aliphatic rings. The Labute approximate surface area is 121 Å². The number of hydrogen-bond acceptors (Lipinski definition) is 4. The number of carbonyl (C=O) groups excluding carboxylic acids is 1. The van der Waals surface area contributed by atoms with Gasteiger partial charge >= 0.3 is 0 Å². The van der Waals surface area contributed by atoms with Crippen LogP contribution in [0.25, 0.3) is 5.69 Å². The molecule has 2 aromatic carbocycles. The first-order valence-electron chi connectivity index (χ1n) is 6.48. The lowest BCUT2D eigenvalue weighted by atomic mass is 10.2. The minimum absolute atomic E-state index is 0.109. The fourth-order valence-corrected chi connectivity index (χ4v) is 1.93. The van der Waals surface area contributed by atoms with Crippen LogP contribution in [0.15, 0.2) is 60.9 Å². The SMILES string of the molecule is O=C(NCc1ccccc1)c1ccc(-n2cnnn2)cc1. The van der Waals surface area contributed by atoms with E-state index in [9.17, 15) is 4.79 Å². The van der Waals surface area contributed by atoms with Crippen LogP contribution in [0.5, 0.6) is 0 Å². The predicted octanol–water partition coefficient (Wildman–Crippen LogP) is 1.59. The average molecular weight is 279 g/mol. The molecule has 1 heterocycles. The molecule has 3 aromatic rings. The van der Waals surface area contributed by atoms with Crippen molar-refractivity contribution in [2.75, 3.05) is 0 Å². The number of rotatable bonds is 4. The summed E-state index contributed by atoms with van der Waals surface area (Å²) in [6.07, 6.45) is 1.50. The summed E-state index contributed by atoms with van der Waals surface area (Å²) in [6, 6.07) is 16.9. The zero-order chi connectivity index (χ0) is 14.5. The summed E-state index contributed by atoms with van der Waals surface area (Å²) in [4.78, 5) is 12.1. The summed E-state index contributed by atoms with van der Waals surface area (Å²) < 4.78 is 1.53. The molecule has 0 bridgehead atoms. The Hall–Kier alpha value is -3.02. The van der Waals surface area contributed by atoms with Crippen LogP contribution in [-0.2, 0) is 6.54 Å². The molecule has 6 nitrogen and oxygen atoms in total. The van der Waals surface area contributed by atoms with Gasteiger partial charge in [-0.15, -0.1) is 5.10 Å². The van der Waals surface area contributed by atoms with Crippen LogP contribution in [0, 0.1) is 0 Å². The van der Waals surface area contributed by atoms with Crippen LogP contribution in [-0.4, -0.2) is 26.1 Å². The quantitative estimate of drug-likeness (QED) is 0.787. The number of carbonyl (C=O) groups is 1. The molecule has 0 fully saturated rings. The summed E-state index contributed by atoms with van der Waals surface area (Å²) in [5.41, 5.74) is 2.47. The van der Waals surface area contributed by atoms with E-state index in [1.807, 2.05) is 30.3 Å². The van der Waals surface area contributed by atoms with Crippen LogP contribution in [0.4, 0.5) is 0 Å². The van der Waals surface area contributed by atoms with Gasteiger partial charge in [-0.1, -0.05) is 30.3 Å². The van der Waals surface area contributed by atoms with Gasteiger partial charge in [-0.25, -0.2) is 4.68 Å². The second kappa shape index (κ2) is 5.96. The third-order valence-corrected chi connectivity index (χ3v) is 3.04. The number of hydrogen-bond donors (Lipinski definition) is 1. The zero-order valence-corrected chi connectivity index (χ0v) is 11.2. The highest BCUT2D eigenvalue weighted by atomic mass is 16.1. The van der Waals surface area contributed by atoms with E-state index in [4.69, 9.17) is 0 Å². The molecular weight excluding hydrogens is 266 g/mol. The predicted molar refractivity (Wildman–Crippen MR) is 76.8 cm³/mol. The van der Waals surface area contributed by atoms with E-state index in [0.717, 1.165) is 11.3 Å². The standard InChI is InChI=1S/C15H13N5O/c21-15(16-10-12-4-2-1-3-5-12)13-6-8-14(9-7-13)20-11-17-18-19-20/h1-9,11H,10H2,(H,16,21). The number of nitrogens with zero attached hydrogens (tertiary/aromatic N) is 4. The van der Waals surface area contributed by atoms with Crippen molar-refractivity contribution >= 4 is 5.91 Å². The van der Waals surface area contributed by atoms with Gasteiger partial charge in [-0.2, -0.15) is 0 Å². The van der Waals surface area contributed by atoms with E-state index >= 15 is 0 Å². The highest BCUT2D eigenvalue weighted by Crippen LogP contribution is 2.08. The summed E-state index contributed by atoms with van der Waals surface area (Å²) in [6.45, 7) is 0.508. The second-order valence-electron chi connectivity index (χ2n) is 4.47. The Balaban J connectivity index is 1.65. The monoisotopic (exact) mass is 279 g/mol. The van der Waals surface area contributed by atoms with Crippen molar-refractivity contribution < 1.29 is 4.79 Å². The van der Waals surface area contributed by atoms with Crippen molar-refractivity contribution in [3.8, 4) is 5.69 Å². The topological polar surface area (TPSA) is 72.7 Å². The molecule has 0 saturated heterocycles. The van der Waals surface area contributed by atoms with E-state index < -0.39 is 0 Å². The molecule has 0 spiro atoms. The lowest BCUT2D eigenvalue weighted by molar-refractivity contribution is 0.0951. The van der Waals surface area contributed by atoms with Gasteiger partial charge in [-0.3, -0.25) is 4.79 Å². The number of benzene rings is 2. The normalized spacial score (nSPS) is 10.3. The summed E-state index contributed by atoms with van der Waals surface area (Å²) in [5.74, 6) is -0.109. The molecule has 0 atom stereocenters. The first-order chi connectivity index (χ1) is 10.3. The van der Waals surface area contributed by atoms with Gasteiger partial charge < -0.3 is 5.32 Å². The smallest absolute Gasteiger partial charge is 0.251 e. The van der Waals surface area contributed by atoms with E-state index in [1.54, 1.807) is 24.3 Å². The molecule has 0 aliphatic carbocycles. The molecule has 0 saturated carbocycles. The fourth-order valence-electron chi connectivity index (χ4n) is 1.93. The number of amides is 1. The molecule has 0 aliphatic heterocycles. The maximum atomic E-state index is 12.1. The van der Waals surface area contributed by atoms with Crippen molar-refractivity contribution in [3.63, 3.8) is 0 Å². The lowest BCUT2D eigenvalue weighted by Gasteiger charge is -2.06. The van der Waals surface area contributed by atoms with Crippen LogP contribution >= 0.6 is 0 Å². The van der Waals surface area contributed by atoms with E-state index in [-0.39, 0.29) is 5.91 Å². The van der Waals surface area contributed by atoms with Crippen LogP contribution < -0.4 is 5.32 Å². The van der Waals surface area contributed by atoms with Crippen molar-refractivity contribution in [3.05, 3.63) is 72.1 Å². The molecule has 104 valence electrons. The maximum Gasteiger partial charge on any atom is 0.251 e. The summed E-state index contributed by atoms with van der Waals surface area (Å²) in [5, 5.41) is 13.8. The molecular formula is C15H13N5O. The fraction of sp³-hybridized carbons (Fsp3) is 0.0667. The van der Waals surface area contributed by atoms with Gasteiger partial charge in [0.15, 0.2) is 0 Å². The summed E-state index contributed by atoms with van der Waals surface area (Å²) >= 11 is 0. The van der Waals surface area contributed by atoms with Gasteiger partial charge in [-0.05, 0) is 40.3 Å². The third-order valence-electron chi connectivity index (χ3n) is 3.04. The summed E-state index contributed by atoms with van der Waals surface area (Å²) in [7, 11) is 0. The highest BCUT2D eigenvalue weighted by molar-refractivity contribution is 5.94. The van der Waals surface area contributed by atoms with Crippen molar-refractivity contribution in [1.29, 1.82) is 0 Å². The Morgan fingerprint density at radius 1 is 1.05 bits per heavy atom. The number of tetrazole rings is 1. The maximum absolute atomic E-state index is 12.1. The van der Waals surface area contributed by atoms with Gasteiger partial charge in [0.2, 0.25) is 0 Å². The first kappa shape index (κ1) is 13.0. The molecule has 21 heavy (non-hydrogen) atoms. The van der Waals surface area contributed by atoms with Crippen molar-refractivity contribution in [2.24, 2.45) is 0 Å².